The lowest BCUT2D eigenvalue weighted by molar-refractivity contribution is 0.624. The molecule has 90 valence electrons. The second-order valence-electron chi connectivity index (χ2n) is 4.45. The molecule has 1 heterocycles. The standard InChI is InChI=1S/C16H16N2/c1-2-12-18-15-11-7-6-10-14(15)16(17-18)13-8-4-3-5-9-13/h3-11H,2,12H2,1H3. The molecule has 0 spiro atoms. The number of para-hydroxylation sites is 1. The number of hydrogen-bond donors (Lipinski definition) is 0. The molecular formula is C16H16N2. The van der Waals surface area contributed by atoms with Gasteiger partial charge in [-0.25, -0.2) is 0 Å². The Balaban J connectivity index is 2.24. The van der Waals surface area contributed by atoms with E-state index >= 15 is 0 Å². The van der Waals surface area contributed by atoms with E-state index in [-0.39, 0.29) is 0 Å². The van der Waals surface area contributed by atoms with Crippen molar-refractivity contribution in [2.75, 3.05) is 0 Å². The van der Waals surface area contributed by atoms with Crippen LogP contribution in [0, 0.1) is 0 Å². The molecule has 0 saturated carbocycles. The minimum absolute atomic E-state index is 0.966. The van der Waals surface area contributed by atoms with Gasteiger partial charge in [-0.05, 0) is 12.5 Å². The number of aromatic nitrogens is 2. The molecule has 18 heavy (non-hydrogen) atoms. The third-order valence-corrected chi connectivity index (χ3v) is 3.14. The highest BCUT2D eigenvalue weighted by Crippen LogP contribution is 2.27. The molecule has 0 amide bonds. The van der Waals surface area contributed by atoms with Crippen molar-refractivity contribution in [3.05, 3.63) is 54.6 Å². The van der Waals surface area contributed by atoms with Crippen LogP contribution >= 0.6 is 0 Å². The highest BCUT2D eigenvalue weighted by atomic mass is 15.3. The minimum atomic E-state index is 0.966. The summed E-state index contributed by atoms with van der Waals surface area (Å²) in [4.78, 5) is 0. The lowest BCUT2D eigenvalue weighted by Gasteiger charge is -1.98. The molecule has 1 aromatic heterocycles. The highest BCUT2D eigenvalue weighted by molar-refractivity contribution is 5.93. The van der Waals surface area contributed by atoms with Crippen molar-refractivity contribution < 1.29 is 0 Å². The van der Waals surface area contributed by atoms with E-state index in [1.807, 2.05) is 6.07 Å². The molecule has 0 bridgehead atoms. The van der Waals surface area contributed by atoms with E-state index in [1.54, 1.807) is 0 Å². The van der Waals surface area contributed by atoms with Crippen LogP contribution in [-0.2, 0) is 6.54 Å². The summed E-state index contributed by atoms with van der Waals surface area (Å²) in [6, 6.07) is 18.8. The minimum Gasteiger partial charge on any atom is -0.264 e. The Morgan fingerprint density at radius 2 is 1.67 bits per heavy atom. The number of aryl methyl sites for hydroxylation is 1. The fourth-order valence-corrected chi connectivity index (χ4v) is 2.32. The summed E-state index contributed by atoms with van der Waals surface area (Å²) >= 11 is 0. The zero-order valence-electron chi connectivity index (χ0n) is 10.5. The van der Waals surface area contributed by atoms with Gasteiger partial charge in [0, 0.05) is 17.5 Å². The zero-order valence-corrected chi connectivity index (χ0v) is 10.5. The molecule has 0 saturated heterocycles. The van der Waals surface area contributed by atoms with Crippen molar-refractivity contribution in [1.82, 2.24) is 9.78 Å². The van der Waals surface area contributed by atoms with E-state index in [0.717, 1.165) is 18.7 Å². The van der Waals surface area contributed by atoms with E-state index in [0.29, 0.717) is 0 Å². The number of benzene rings is 2. The Kier molecular flexibility index (Phi) is 2.85. The Labute approximate surface area is 107 Å². The predicted molar refractivity (Wildman–Crippen MR) is 75.5 cm³/mol. The van der Waals surface area contributed by atoms with Crippen molar-refractivity contribution in [1.29, 1.82) is 0 Å². The summed E-state index contributed by atoms with van der Waals surface area (Å²) in [7, 11) is 0. The quantitative estimate of drug-likeness (QED) is 0.669. The van der Waals surface area contributed by atoms with Gasteiger partial charge in [0.1, 0.15) is 5.69 Å². The van der Waals surface area contributed by atoms with Crippen molar-refractivity contribution in [2.45, 2.75) is 19.9 Å². The fourth-order valence-electron chi connectivity index (χ4n) is 2.32. The molecule has 0 aliphatic rings. The Bertz CT molecular complexity index is 653. The van der Waals surface area contributed by atoms with Crippen LogP contribution < -0.4 is 0 Å². The van der Waals surface area contributed by atoms with Gasteiger partial charge < -0.3 is 0 Å². The van der Waals surface area contributed by atoms with Gasteiger partial charge in [0.25, 0.3) is 0 Å². The average Bonchev–Trinajstić information content (AvgIpc) is 2.80. The first-order valence-corrected chi connectivity index (χ1v) is 6.41. The first-order valence-electron chi connectivity index (χ1n) is 6.41. The maximum atomic E-state index is 4.77. The van der Waals surface area contributed by atoms with Crippen LogP contribution in [0.4, 0.5) is 0 Å². The van der Waals surface area contributed by atoms with Gasteiger partial charge in [0.2, 0.25) is 0 Å². The lowest BCUT2D eigenvalue weighted by Crippen LogP contribution is -1.98. The smallest absolute Gasteiger partial charge is 0.100 e. The molecule has 0 atom stereocenters. The zero-order chi connectivity index (χ0) is 12.4. The van der Waals surface area contributed by atoms with E-state index < -0.39 is 0 Å². The van der Waals surface area contributed by atoms with Crippen LogP contribution in [0.3, 0.4) is 0 Å². The number of hydrogen-bond acceptors (Lipinski definition) is 1. The maximum Gasteiger partial charge on any atom is 0.100 e. The topological polar surface area (TPSA) is 17.8 Å². The molecule has 2 nitrogen and oxygen atoms in total. The van der Waals surface area contributed by atoms with E-state index in [1.165, 1.54) is 16.5 Å². The van der Waals surface area contributed by atoms with Crippen molar-refractivity contribution in [3.8, 4) is 11.3 Å². The first-order chi connectivity index (χ1) is 8.90. The van der Waals surface area contributed by atoms with E-state index in [2.05, 4.69) is 60.1 Å². The lowest BCUT2D eigenvalue weighted by atomic mass is 10.1. The molecule has 2 aromatic carbocycles. The Morgan fingerprint density at radius 3 is 2.44 bits per heavy atom. The van der Waals surface area contributed by atoms with Gasteiger partial charge in [-0.3, -0.25) is 4.68 Å². The summed E-state index contributed by atoms with van der Waals surface area (Å²) in [6.45, 7) is 3.14. The summed E-state index contributed by atoms with van der Waals surface area (Å²) < 4.78 is 2.11. The van der Waals surface area contributed by atoms with Crippen LogP contribution in [0.5, 0.6) is 0 Å². The van der Waals surface area contributed by atoms with Crippen LogP contribution in [0.25, 0.3) is 22.2 Å². The Hall–Kier alpha value is -2.09. The predicted octanol–water partition coefficient (Wildman–Crippen LogP) is 4.11. The van der Waals surface area contributed by atoms with Crippen LogP contribution in [0.15, 0.2) is 54.6 Å². The van der Waals surface area contributed by atoms with Crippen LogP contribution in [0.2, 0.25) is 0 Å². The van der Waals surface area contributed by atoms with Gasteiger partial charge in [-0.1, -0.05) is 55.5 Å². The largest absolute Gasteiger partial charge is 0.264 e. The van der Waals surface area contributed by atoms with Gasteiger partial charge >= 0.3 is 0 Å². The van der Waals surface area contributed by atoms with Gasteiger partial charge in [0.05, 0.1) is 5.52 Å². The fraction of sp³-hybridized carbons (Fsp3) is 0.188. The van der Waals surface area contributed by atoms with Crippen LogP contribution in [0.1, 0.15) is 13.3 Å². The number of rotatable bonds is 3. The van der Waals surface area contributed by atoms with Crippen LogP contribution in [-0.4, -0.2) is 9.78 Å². The summed E-state index contributed by atoms with van der Waals surface area (Å²) in [6.07, 6.45) is 1.10. The molecule has 0 aliphatic heterocycles. The molecule has 0 fully saturated rings. The molecule has 0 aliphatic carbocycles. The first kappa shape index (κ1) is 11.0. The van der Waals surface area contributed by atoms with Gasteiger partial charge in [-0.15, -0.1) is 0 Å². The number of nitrogens with zero attached hydrogens (tertiary/aromatic N) is 2. The number of fused-ring (bicyclic) bond motifs is 1. The van der Waals surface area contributed by atoms with Crippen molar-refractivity contribution in [3.63, 3.8) is 0 Å². The molecular weight excluding hydrogens is 220 g/mol. The average molecular weight is 236 g/mol. The second-order valence-corrected chi connectivity index (χ2v) is 4.45. The Morgan fingerprint density at radius 1 is 0.944 bits per heavy atom. The molecule has 0 unspecified atom stereocenters. The SMILES string of the molecule is CCCn1nc(-c2ccccc2)c2ccccc21. The molecule has 0 radical (unpaired) electrons. The summed E-state index contributed by atoms with van der Waals surface area (Å²) in [5.74, 6) is 0. The normalized spacial score (nSPS) is 10.9. The van der Waals surface area contributed by atoms with E-state index in [9.17, 15) is 0 Å². The summed E-state index contributed by atoms with van der Waals surface area (Å²) in [5.41, 5.74) is 3.49. The summed E-state index contributed by atoms with van der Waals surface area (Å²) in [5, 5.41) is 6.00. The highest BCUT2D eigenvalue weighted by Gasteiger charge is 2.10. The third-order valence-electron chi connectivity index (χ3n) is 3.14. The monoisotopic (exact) mass is 236 g/mol. The van der Waals surface area contributed by atoms with Gasteiger partial charge in [-0.2, -0.15) is 5.10 Å². The third kappa shape index (κ3) is 1.80. The molecule has 3 aromatic rings. The molecule has 0 N–H and O–H groups in total. The van der Waals surface area contributed by atoms with E-state index in [4.69, 9.17) is 5.10 Å². The maximum absolute atomic E-state index is 4.77. The molecule has 2 heteroatoms. The van der Waals surface area contributed by atoms with Crippen molar-refractivity contribution >= 4 is 10.9 Å². The molecule has 3 rings (SSSR count). The van der Waals surface area contributed by atoms with Gasteiger partial charge in [0.15, 0.2) is 0 Å². The van der Waals surface area contributed by atoms with Crippen molar-refractivity contribution in [2.24, 2.45) is 0 Å². The second kappa shape index (κ2) is 4.65.